The van der Waals surface area contributed by atoms with Crippen LogP contribution in [0.2, 0.25) is 0 Å². The number of aryl methyl sites for hydroxylation is 1. The molecule has 2 aliphatic heterocycles. The zero-order chi connectivity index (χ0) is 17.1. The third-order valence-electron chi connectivity index (χ3n) is 6.01. The van der Waals surface area contributed by atoms with Crippen LogP contribution in [0.25, 0.3) is 6.08 Å². The molecule has 1 saturated heterocycles. The van der Waals surface area contributed by atoms with Crippen LogP contribution in [-0.4, -0.2) is 17.9 Å². The predicted octanol–water partition coefficient (Wildman–Crippen LogP) is 3.77. The van der Waals surface area contributed by atoms with E-state index in [2.05, 4.69) is 42.2 Å². The molecule has 0 N–H and O–H groups in total. The first-order chi connectivity index (χ1) is 12.2. The molecular formula is C22H18N2O. The monoisotopic (exact) mass is 326 g/mol. The summed E-state index contributed by atoms with van der Waals surface area (Å²) >= 11 is 0. The first kappa shape index (κ1) is 14.5. The van der Waals surface area contributed by atoms with Gasteiger partial charge in [0.15, 0.2) is 5.78 Å². The molecule has 2 heterocycles. The first-order valence-electron chi connectivity index (χ1n) is 8.78. The van der Waals surface area contributed by atoms with E-state index in [1.807, 2.05) is 30.3 Å². The average molecular weight is 326 g/mol. The molecule has 0 bridgehead atoms. The number of hydrogen-bond donors (Lipinski definition) is 0. The molecule has 2 aromatic carbocycles. The highest BCUT2D eigenvalue weighted by atomic mass is 16.1. The van der Waals surface area contributed by atoms with E-state index in [0.717, 1.165) is 34.4 Å². The van der Waals surface area contributed by atoms with Gasteiger partial charge in [-0.2, -0.15) is 5.26 Å². The molecular weight excluding hydrogens is 308 g/mol. The lowest BCUT2D eigenvalue weighted by Crippen LogP contribution is -2.46. The van der Waals surface area contributed by atoms with Crippen molar-refractivity contribution in [3.8, 4) is 6.07 Å². The van der Waals surface area contributed by atoms with Crippen LogP contribution >= 0.6 is 0 Å². The number of nitriles is 1. The normalized spacial score (nSPS) is 28.6. The molecule has 0 aromatic heterocycles. The van der Waals surface area contributed by atoms with E-state index < -0.39 is 0 Å². The number of carbonyl (C=O) groups is 1. The van der Waals surface area contributed by atoms with Crippen LogP contribution in [0.1, 0.15) is 27.0 Å². The molecule has 2 aromatic rings. The van der Waals surface area contributed by atoms with Crippen molar-refractivity contribution in [2.75, 3.05) is 4.90 Å². The highest BCUT2D eigenvalue weighted by Gasteiger charge is 2.54. The van der Waals surface area contributed by atoms with Gasteiger partial charge in [0.1, 0.15) is 0 Å². The fraction of sp³-hybridized carbons (Fsp3) is 0.273. The molecule has 3 heteroatoms. The van der Waals surface area contributed by atoms with Crippen LogP contribution in [-0.2, 0) is 6.42 Å². The first-order valence-corrected chi connectivity index (χ1v) is 8.78. The molecule has 0 saturated carbocycles. The summed E-state index contributed by atoms with van der Waals surface area (Å²) in [6.45, 7) is 2.09. The Morgan fingerprint density at radius 2 is 2.00 bits per heavy atom. The number of carbonyl (C=O) groups excluding carboxylic acids is 1. The molecule has 5 rings (SSSR count). The minimum absolute atomic E-state index is 0.0214. The highest BCUT2D eigenvalue weighted by Crippen LogP contribution is 2.48. The third kappa shape index (κ3) is 1.83. The van der Waals surface area contributed by atoms with Crippen LogP contribution < -0.4 is 4.90 Å². The van der Waals surface area contributed by atoms with Gasteiger partial charge >= 0.3 is 0 Å². The molecule has 0 unspecified atom stereocenters. The lowest BCUT2D eigenvalue weighted by Gasteiger charge is -2.37. The summed E-state index contributed by atoms with van der Waals surface area (Å²) in [6, 6.07) is 16.4. The minimum atomic E-state index is -0.241. The van der Waals surface area contributed by atoms with Crippen molar-refractivity contribution < 1.29 is 4.79 Å². The molecule has 4 atom stereocenters. The number of hydrogen-bond acceptors (Lipinski definition) is 3. The van der Waals surface area contributed by atoms with Crippen molar-refractivity contribution in [3.63, 3.8) is 0 Å². The maximum absolute atomic E-state index is 13.4. The summed E-state index contributed by atoms with van der Waals surface area (Å²) in [5, 5.41) is 9.87. The van der Waals surface area contributed by atoms with Crippen LogP contribution in [0.3, 0.4) is 0 Å². The van der Waals surface area contributed by atoms with Crippen molar-refractivity contribution in [2.24, 2.45) is 11.8 Å². The molecule has 1 fully saturated rings. The molecule has 3 aliphatic rings. The second-order valence-corrected chi connectivity index (χ2v) is 7.26. The Morgan fingerprint density at radius 1 is 1.16 bits per heavy atom. The highest BCUT2D eigenvalue weighted by molar-refractivity contribution is 6.06. The minimum Gasteiger partial charge on any atom is -0.352 e. The van der Waals surface area contributed by atoms with Gasteiger partial charge in [-0.3, -0.25) is 4.79 Å². The van der Waals surface area contributed by atoms with Gasteiger partial charge in [0.25, 0.3) is 0 Å². The van der Waals surface area contributed by atoms with Crippen molar-refractivity contribution in [1.82, 2.24) is 0 Å². The number of anilines is 1. The van der Waals surface area contributed by atoms with E-state index in [1.54, 1.807) is 0 Å². The topological polar surface area (TPSA) is 44.1 Å². The zero-order valence-electron chi connectivity index (χ0n) is 14.0. The quantitative estimate of drug-likeness (QED) is 0.740. The van der Waals surface area contributed by atoms with E-state index >= 15 is 0 Å². The van der Waals surface area contributed by atoms with Gasteiger partial charge in [-0.25, -0.2) is 0 Å². The van der Waals surface area contributed by atoms with Gasteiger partial charge in [0.2, 0.25) is 0 Å². The Balaban J connectivity index is 1.73. The molecule has 0 radical (unpaired) electrons. The number of fused-ring (bicyclic) bond motifs is 6. The number of rotatable bonds is 0. The van der Waals surface area contributed by atoms with Crippen molar-refractivity contribution in [3.05, 3.63) is 70.8 Å². The van der Waals surface area contributed by atoms with Gasteiger partial charge in [0, 0.05) is 17.2 Å². The largest absolute Gasteiger partial charge is 0.352 e. The second-order valence-electron chi connectivity index (χ2n) is 7.26. The number of Topliss-reactive ketones (excluding diaryl/α,β-unsaturated/α-hetero) is 1. The van der Waals surface area contributed by atoms with Gasteiger partial charge in [-0.15, -0.1) is 0 Å². The Morgan fingerprint density at radius 3 is 2.84 bits per heavy atom. The van der Waals surface area contributed by atoms with E-state index in [9.17, 15) is 10.1 Å². The van der Waals surface area contributed by atoms with Gasteiger partial charge in [0.05, 0.1) is 24.1 Å². The maximum Gasteiger partial charge on any atom is 0.185 e. The average Bonchev–Trinajstić information content (AvgIpc) is 2.95. The van der Waals surface area contributed by atoms with Crippen LogP contribution in [0.4, 0.5) is 5.69 Å². The van der Waals surface area contributed by atoms with Gasteiger partial charge < -0.3 is 4.90 Å². The lowest BCUT2D eigenvalue weighted by atomic mass is 9.75. The fourth-order valence-electron chi connectivity index (χ4n) is 4.97. The van der Waals surface area contributed by atoms with Crippen molar-refractivity contribution >= 4 is 17.5 Å². The molecule has 0 amide bonds. The van der Waals surface area contributed by atoms with Crippen molar-refractivity contribution in [1.29, 1.82) is 5.26 Å². The Kier molecular flexibility index (Phi) is 2.93. The molecule has 122 valence electrons. The number of para-hydroxylation sites is 1. The van der Waals surface area contributed by atoms with Crippen LogP contribution in [0, 0.1) is 30.1 Å². The van der Waals surface area contributed by atoms with Crippen LogP contribution in [0.15, 0.2) is 48.5 Å². The van der Waals surface area contributed by atoms with Gasteiger partial charge in [-0.05, 0) is 30.0 Å². The number of nitrogens with zero attached hydrogens (tertiary/aromatic N) is 2. The fourth-order valence-corrected chi connectivity index (χ4v) is 4.97. The Hall–Kier alpha value is -2.86. The SMILES string of the molecule is Cc1cccc2c1N1[C@H](C=C2)[C@@H](C#N)[C@H]2Cc3ccccc3C(=O)[C@H]21. The Bertz CT molecular complexity index is 968. The molecule has 25 heavy (non-hydrogen) atoms. The summed E-state index contributed by atoms with van der Waals surface area (Å²) < 4.78 is 0. The summed E-state index contributed by atoms with van der Waals surface area (Å²) in [7, 11) is 0. The molecule has 0 spiro atoms. The smallest absolute Gasteiger partial charge is 0.185 e. The standard InChI is InChI=1S/C22H18N2O/c1-13-5-4-7-14-9-10-19-18(12-23)17-11-15-6-2-3-8-16(15)22(25)21(17)24(19)20(13)14/h2-10,17-19,21H,11H2,1H3/t17-,18+,19-,21+/m1/s1. The summed E-state index contributed by atoms with van der Waals surface area (Å²) in [5.41, 5.74) is 5.33. The second kappa shape index (κ2) is 5.07. The third-order valence-corrected chi connectivity index (χ3v) is 6.01. The number of ketones is 1. The van der Waals surface area contributed by atoms with Crippen LogP contribution in [0.5, 0.6) is 0 Å². The van der Waals surface area contributed by atoms with Crippen molar-refractivity contribution in [2.45, 2.75) is 25.4 Å². The summed E-state index contributed by atoms with van der Waals surface area (Å²) in [6.07, 6.45) is 5.03. The van der Waals surface area contributed by atoms with E-state index in [-0.39, 0.29) is 29.7 Å². The molecule has 1 aliphatic carbocycles. The lowest BCUT2D eigenvalue weighted by molar-refractivity contribution is 0.0925. The van der Waals surface area contributed by atoms with E-state index in [0.29, 0.717) is 0 Å². The Labute approximate surface area is 147 Å². The summed E-state index contributed by atoms with van der Waals surface area (Å²) in [5.74, 6) is 0.0537. The van der Waals surface area contributed by atoms with E-state index in [4.69, 9.17) is 0 Å². The maximum atomic E-state index is 13.4. The zero-order valence-corrected chi connectivity index (χ0v) is 14.0. The predicted molar refractivity (Wildman–Crippen MR) is 97.3 cm³/mol. The van der Waals surface area contributed by atoms with Gasteiger partial charge in [-0.1, -0.05) is 54.6 Å². The van der Waals surface area contributed by atoms with E-state index in [1.165, 1.54) is 0 Å². The number of benzene rings is 2. The summed E-state index contributed by atoms with van der Waals surface area (Å²) in [4.78, 5) is 15.6. The molecule has 3 nitrogen and oxygen atoms in total.